The molecule has 6 aliphatic rings. The van der Waals surface area contributed by atoms with E-state index < -0.39 is 16.9 Å². The fraction of sp³-hybridized carbons (Fsp3) is 0.400. The molecule has 12 heterocycles. The molecule has 1 saturated heterocycles. The van der Waals surface area contributed by atoms with Crippen molar-refractivity contribution < 1.29 is 9.53 Å². The number of ketones is 1. The number of ether oxygens (including phenoxy) is 1. The second-order valence-corrected chi connectivity index (χ2v) is 43.3. The van der Waals surface area contributed by atoms with Crippen molar-refractivity contribution in [3.05, 3.63) is 226 Å². The molecule has 1 fully saturated rings. The van der Waals surface area contributed by atoms with Crippen LogP contribution in [0.1, 0.15) is 223 Å². The van der Waals surface area contributed by atoms with Crippen LogP contribution in [0.15, 0.2) is 194 Å². The van der Waals surface area contributed by atoms with E-state index in [9.17, 15) is 0 Å². The minimum atomic E-state index is -0.469. The zero-order chi connectivity index (χ0) is 74.1. The van der Waals surface area contributed by atoms with Crippen LogP contribution in [0.4, 0.5) is 0 Å². The number of unbranched alkanes of at least 4 members (excludes halogenated alkanes) is 12. The number of carbonyl (C=O) groups is 1. The van der Waals surface area contributed by atoms with Gasteiger partial charge in [-0.1, -0.05) is 197 Å². The van der Waals surface area contributed by atoms with Gasteiger partial charge in [0.25, 0.3) is 0 Å². The van der Waals surface area contributed by atoms with E-state index in [4.69, 9.17) is 4.74 Å². The highest BCUT2D eigenvalue weighted by atomic mass is 32.1. The molecule has 16 rings (SSSR count). The Morgan fingerprint density at radius 3 is 1.20 bits per heavy atom. The third-order valence-corrected chi connectivity index (χ3v) is 36.0. The van der Waals surface area contributed by atoms with E-state index >= 15 is 4.79 Å². The lowest BCUT2D eigenvalue weighted by Gasteiger charge is -2.60. The summed E-state index contributed by atoms with van der Waals surface area (Å²) in [6.07, 6.45) is 38.9. The van der Waals surface area contributed by atoms with Crippen LogP contribution in [-0.2, 0) is 30.4 Å². The van der Waals surface area contributed by atoms with Gasteiger partial charge in [-0.05, 0) is 242 Å². The summed E-state index contributed by atoms with van der Waals surface area (Å²) in [6, 6.07) is 37.2. The lowest BCUT2D eigenvalue weighted by molar-refractivity contribution is 0.0975. The number of rotatable bonds is 31. The largest absolute Gasteiger partial charge is 0.357 e. The van der Waals surface area contributed by atoms with E-state index in [0.717, 1.165) is 41.0 Å². The van der Waals surface area contributed by atoms with Gasteiger partial charge in [0.05, 0.1) is 4.88 Å². The zero-order valence-electron chi connectivity index (χ0n) is 64.6. The van der Waals surface area contributed by atoms with E-state index in [1.807, 2.05) is 90.7 Å². The highest BCUT2D eigenvalue weighted by Crippen LogP contribution is 2.73. The van der Waals surface area contributed by atoms with Crippen LogP contribution in [-0.4, -0.2) is 18.0 Å². The molecule has 10 aromatic rings. The third kappa shape index (κ3) is 14.1. The van der Waals surface area contributed by atoms with E-state index in [0.29, 0.717) is 0 Å². The van der Waals surface area contributed by atoms with Gasteiger partial charge in [-0.3, -0.25) is 4.79 Å². The Kier molecular flexibility index (Phi) is 22.1. The first-order chi connectivity index (χ1) is 51.8. The van der Waals surface area contributed by atoms with Crippen molar-refractivity contribution in [1.82, 2.24) is 0 Å². The average Bonchev–Trinajstić information content (AvgIpc) is 1.65. The van der Waals surface area contributed by atoms with Gasteiger partial charge in [0.1, 0.15) is 12.2 Å². The molecule has 2 nitrogen and oxygen atoms in total. The second kappa shape index (κ2) is 31.3. The van der Waals surface area contributed by atoms with Gasteiger partial charge in [-0.2, -0.15) is 0 Å². The van der Waals surface area contributed by atoms with Crippen molar-refractivity contribution in [2.24, 2.45) is 21.7 Å². The molecule has 554 valence electrons. The summed E-state index contributed by atoms with van der Waals surface area (Å²) in [5, 5.41) is 4.40. The average molecular weight is 1600 g/mol. The van der Waals surface area contributed by atoms with Gasteiger partial charge < -0.3 is 4.74 Å². The topological polar surface area (TPSA) is 26.3 Å². The molecule has 2 bridgehead atoms. The Labute approximate surface area is 677 Å². The first-order valence-electron chi connectivity index (χ1n) is 39.8. The van der Waals surface area contributed by atoms with Crippen LogP contribution in [0.2, 0.25) is 0 Å². The molecule has 12 heteroatoms. The smallest absolute Gasteiger partial charge is 0.201 e. The number of allylic oxidation sites excluding steroid dienone is 12. The number of Topliss-reactive ketones (excluding diaryl/α,β-unsaturated/α-hetero) is 1. The molecule has 0 amide bonds. The summed E-state index contributed by atoms with van der Waals surface area (Å²) in [5.41, 5.74) is 17.9. The predicted molar refractivity (Wildman–Crippen MR) is 477 cm³/mol. The van der Waals surface area contributed by atoms with Gasteiger partial charge in [-0.25, -0.2) is 0 Å². The quantitative estimate of drug-likeness (QED) is 0.0320. The number of thiophene rings is 10. The minimum Gasteiger partial charge on any atom is -0.357 e. The third-order valence-electron chi connectivity index (χ3n) is 23.7. The molecular formula is C95H102O2S10. The monoisotopic (exact) mass is 1590 g/mol. The molecule has 2 aliphatic heterocycles. The van der Waals surface area contributed by atoms with E-state index in [1.54, 1.807) is 33.6 Å². The first-order valence-corrected chi connectivity index (χ1v) is 48.1. The fourth-order valence-electron chi connectivity index (χ4n) is 17.5. The molecule has 2 unspecified atom stereocenters. The molecule has 10 aromatic heterocycles. The maximum absolute atomic E-state index is 15.7. The lowest BCUT2D eigenvalue weighted by Crippen LogP contribution is -2.51. The minimum absolute atomic E-state index is 0.0930. The van der Waals surface area contributed by atoms with Crippen LogP contribution in [0.25, 0.3) is 83.6 Å². The van der Waals surface area contributed by atoms with Crippen LogP contribution in [0.3, 0.4) is 0 Å². The summed E-state index contributed by atoms with van der Waals surface area (Å²) in [5.74, 6) is 0.0930. The van der Waals surface area contributed by atoms with Crippen LogP contribution in [0.5, 0.6) is 0 Å². The molecule has 107 heavy (non-hydrogen) atoms. The Morgan fingerprint density at radius 2 is 0.776 bits per heavy atom. The number of fused-ring (bicyclic) bond motifs is 5. The number of hydrogen-bond acceptors (Lipinski definition) is 12. The summed E-state index contributed by atoms with van der Waals surface area (Å²) >= 11 is 19.3. The molecular weight excluding hydrogens is 1490 g/mol. The summed E-state index contributed by atoms with van der Waals surface area (Å²) in [7, 11) is 0. The Balaban J connectivity index is 0.730. The highest BCUT2D eigenvalue weighted by Gasteiger charge is 2.64. The van der Waals surface area contributed by atoms with Crippen LogP contribution < -0.4 is 0 Å². The second-order valence-electron chi connectivity index (χ2n) is 32.8. The van der Waals surface area contributed by atoms with E-state index in [2.05, 4.69) is 239 Å². The summed E-state index contributed by atoms with van der Waals surface area (Å²) < 4.78 is 7.37. The van der Waals surface area contributed by atoms with Gasteiger partial charge >= 0.3 is 0 Å². The normalized spacial score (nSPS) is 19.6. The van der Waals surface area contributed by atoms with Crippen LogP contribution in [0, 0.1) is 21.7 Å². The predicted octanol–water partition coefficient (Wildman–Crippen LogP) is 32.6. The van der Waals surface area contributed by atoms with Gasteiger partial charge in [-0.15, -0.1) is 113 Å². The van der Waals surface area contributed by atoms with E-state index in [-0.39, 0.29) is 22.7 Å². The zero-order valence-corrected chi connectivity index (χ0v) is 72.7. The first kappa shape index (κ1) is 75.6. The Morgan fingerprint density at radius 1 is 0.393 bits per heavy atom. The Hall–Kier alpha value is -5.45. The number of carbonyl (C=O) groups excluding carboxylic acids is 1. The SMILES string of the molecule is CCCCCCc1c(-c2ccc(-c3cccs3)s2)sc(-c2ccc(-c3ccc(C(=O)C4=CC5OC4C4=C6C=C(C(C)(C)C)C=C7C=C(c8ccc(-c9ccc(-c%10sc(-c%11ccc(-c%12cccs%12)s%11)c(CCCCCC)c%10CCCCCC)s9)s8)C8=CC(C(C)(C)C)=CC(=C45)[C@@]8(C)[C@@]76C)s3)s2)c1CCCCCC. The van der Waals surface area contributed by atoms with Crippen LogP contribution >= 0.6 is 113 Å². The number of hydrogen-bond donors (Lipinski definition) is 0. The van der Waals surface area contributed by atoms with Gasteiger partial charge in [0.2, 0.25) is 5.78 Å². The molecule has 0 saturated carbocycles. The van der Waals surface area contributed by atoms with Gasteiger partial charge in [0, 0.05) is 99.3 Å². The molecule has 4 atom stereocenters. The van der Waals surface area contributed by atoms with Crippen molar-refractivity contribution >= 4 is 125 Å². The molecule has 0 radical (unpaired) electrons. The fourth-order valence-corrected chi connectivity index (χ4v) is 28.7. The summed E-state index contributed by atoms with van der Waals surface area (Å²) in [6.45, 7) is 28.6. The Bertz CT molecular complexity index is 5230. The lowest BCUT2D eigenvalue weighted by atomic mass is 9.42. The molecule has 0 aromatic carbocycles. The van der Waals surface area contributed by atoms with Crippen molar-refractivity contribution in [2.45, 2.75) is 224 Å². The highest BCUT2D eigenvalue weighted by molar-refractivity contribution is 7.31. The molecule has 0 spiro atoms. The standard InChI is InChI=1S/C95H102O2S10/c1-13-17-21-25-31-60-62(33-27-23-19-15-3)90(106-88(60)80-45-40-73(102-80)71-35-29-49-98-71)82-47-42-77(104-82)75-38-37-70(100-75)64-52-59-51-57(92(5,6)7)54-68-85-84(67-55-58(93(8,9)10)53-66(64)95(67,12)94(59,68)11)69-56-65(87(85)97-69)86(96)79-44-39-76(101-79)78-43-48-83(105-78)91-63(34-28-24-20-16-4)61(32-26-22-18-14-2)89(107-91)81-46-41-74(103-81)72-36-30-50-99-72/h29-30,35-56,69,87H,13-28,31-34H2,1-12H3/t69?,87?,94-,95-/m0/s1. The van der Waals surface area contributed by atoms with E-state index in [1.165, 1.54) is 231 Å². The maximum atomic E-state index is 15.7. The molecule has 0 N–H and O–H groups in total. The molecule has 4 aliphatic carbocycles. The van der Waals surface area contributed by atoms with Gasteiger partial charge in [0.15, 0.2) is 0 Å². The van der Waals surface area contributed by atoms with Crippen molar-refractivity contribution in [3.63, 3.8) is 0 Å². The summed E-state index contributed by atoms with van der Waals surface area (Å²) in [4.78, 5) is 39.7. The maximum Gasteiger partial charge on any atom is 0.201 e. The van der Waals surface area contributed by atoms with Crippen molar-refractivity contribution in [3.8, 4) is 78.0 Å². The van der Waals surface area contributed by atoms with Crippen molar-refractivity contribution in [2.75, 3.05) is 0 Å². The van der Waals surface area contributed by atoms with Crippen molar-refractivity contribution in [1.29, 1.82) is 0 Å².